The molecule has 0 aliphatic heterocycles. The molecule has 0 spiro atoms. The molecule has 0 amide bonds. The van der Waals surface area contributed by atoms with Crippen LogP contribution in [0.1, 0.15) is 199 Å². The molecule has 0 aliphatic rings. The SMILES string of the molecule is CCOC(=O)C(C#N)C(C)CCC=C(C)CCC=C(C)CCC=C(C)CCC=C(C)CCC=C(C)CCC=C(C)CCC=C(C)CCC=C(C)CCC=C(C)C. The normalized spacial score (nSPS) is 15.1. The highest BCUT2D eigenvalue weighted by atomic mass is 16.5. The molecule has 56 heavy (non-hydrogen) atoms. The van der Waals surface area contributed by atoms with E-state index in [1.54, 1.807) is 6.92 Å². The van der Waals surface area contributed by atoms with Crippen LogP contribution in [0.4, 0.5) is 0 Å². The minimum absolute atomic E-state index is 0.00425. The number of nitriles is 1. The number of ether oxygens (including phenoxy) is 1. The van der Waals surface area contributed by atoms with Crippen molar-refractivity contribution >= 4 is 5.97 Å². The van der Waals surface area contributed by atoms with Crippen LogP contribution in [-0.4, -0.2) is 12.6 Å². The topological polar surface area (TPSA) is 50.1 Å². The van der Waals surface area contributed by atoms with Crippen LogP contribution in [0.5, 0.6) is 0 Å². The summed E-state index contributed by atoms with van der Waals surface area (Å²) in [5.41, 5.74) is 13.3. The number of nitrogens with zero attached hydrogens (tertiary/aromatic N) is 1. The Labute approximate surface area is 347 Å². The number of hydrogen-bond acceptors (Lipinski definition) is 3. The zero-order chi connectivity index (χ0) is 42.1. The van der Waals surface area contributed by atoms with E-state index in [2.05, 4.69) is 130 Å². The first-order chi connectivity index (χ1) is 26.7. The van der Waals surface area contributed by atoms with Crippen molar-refractivity contribution < 1.29 is 9.53 Å². The van der Waals surface area contributed by atoms with Gasteiger partial charge in [0, 0.05) is 0 Å². The van der Waals surface area contributed by atoms with E-state index in [0.29, 0.717) is 6.61 Å². The third-order valence-corrected chi connectivity index (χ3v) is 10.7. The van der Waals surface area contributed by atoms with Gasteiger partial charge >= 0.3 is 5.97 Å². The summed E-state index contributed by atoms with van der Waals surface area (Å²) in [6.45, 7) is 26.6. The summed E-state index contributed by atoms with van der Waals surface area (Å²) >= 11 is 0. The van der Waals surface area contributed by atoms with E-state index in [9.17, 15) is 10.1 Å². The number of rotatable bonds is 30. The summed E-state index contributed by atoms with van der Waals surface area (Å²) in [7, 11) is 0. The molecule has 3 heteroatoms. The highest BCUT2D eigenvalue weighted by molar-refractivity contribution is 5.75. The maximum atomic E-state index is 12.0. The van der Waals surface area contributed by atoms with E-state index in [-0.39, 0.29) is 5.92 Å². The highest BCUT2D eigenvalue weighted by Gasteiger charge is 2.25. The molecule has 0 N–H and O–H groups in total. The molecule has 0 saturated carbocycles. The van der Waals surface area contributed by atoms with Gasteiger partial charge < -0.3 is 4.74 Å². The molecule has 0 bridgehead atoms. The van der Waals surface area contributed by atoms with Gasteiger partial charge in [0.15, 0.2) is 0 Å². The summed E-state index contributed by atoms with van der Waals surface area (Å²) in [4.78, 5) is 12.0. The summed E-state index contributed by atoms with van der Waals surface area (Å²) < 4.78 is 5.05. The lowest BCUT2D eigenvalue weighted by molar-refractivity contribution is -0.147. The van der Waals surface area contributed by atoms with E-state index in [0.717, 1.165) is 96.3 Å². The number of carbonyl (C=O) groups excluding carboxylic acids is 1. The Balaban J connectivity index is 4.31. The van der Waals surface area contributed by atoms with E-state index in [1.165, 1.54) is 69.4 Å². The molecule has 0 saturated heterocycles. The van der Waals surface area contributed by atoms with Gasteiger partial charge in [-0.25, -0.2) is 0 Å². The quantitative estimate of drug-likeness (QED) is 0.0540. The lowest BCUT2D eigenvalue weighted by atomic mass is 9.90. The van der Waals surface area contributed by atoms with Crippen molar-refractivity contribution in [2.45, 2.75) is 199 Å². The molecule has 2 unspecified atom stereocenters. The van der Waals surface area contributed by atoms with Crippen molar-refractivity contribution in [2.75, 3.05) is 6.61 Å². The number of allylic oxidation sites excluding steroid dienone is 18. The van der Waals surface area contributed by atoms with E-state index in [4.69, 9.17) is 4.74 Å². The molecular formula is C53H85NO2. The molecule has 0 aromatic heterocycles. The summed E-state index contributed by atoms with van der Waals surface area (Å²) in [6, 6.07) is 2.12. The zero-order valence-electron chi connectivity index (χ0n) is 38.5. The molecule has 3 nitrogen and oxygen atoms in total. The van der Waals surface area contributed by atoms with Crippen LogP contribution in [0.2, 0.25) is 0 Å². The van der Waals surface area contributed by atoms with Crippen LogP contribution in [0.25, 0.3) is 0 Å². The van der Waals surface area contributed by atoms with Crippen molar-refractivity contribution in [3.63, 3.8) is 0 Å². The van der Waals surface area contributed by atoms with Crippen molar-refractivity contribution in [3.05, 3.63) is 105 Å². The average Bonchev–Trinajstić information content (AvgIpc) is 3.12. The molecular weight excluding hydrogens is 683 g/mol. The third kappa shape index (κ3) is 30.8. The van der Waals surface area contributed by atoms with Crippen LogP contribution >= 0.6 is 0 Å². The highest BCUT2D eigenvalue weighted by Crippen LogP contribution is 2.21. The second kappa shape index (κ2) is 33.7. The van der Waals surface area contributed by atoms with Gasteiger partial charge in [0.25, 0.3) is 0 Å². The maximum absolute atomic E-state index is 12.0. The number of esters is 1. The van der Waals surface area contributed by atoms with Crippen LogP contribution in [0, 0.1) is 23.2 Å². The molecule has 0 aliphatic carbocycles. The van der Waals surface area contributed by atoms with Gasteiger partial charge in [0.2, 0.25) is 0 Å². The van der Waals surface area contributed by atoms with Gasteiger partial charge in [-0.3, -0.25) is 4.79 Å². The van der Waals surface area contributed by atoms with Gasteiger partial charge in [-0.1, -0.05) is 112 Å². The van der Waals surface area contributed by atoms with Crippen molar-refractivity contribution in [3.8, 4) is 6.07 Å². The van der Waals surface area contributed by atoms with E-state index in [1.807, 2.05) is 6.92 Å². The van der Waals surface area contributed by atoms with Crippen LogP contribution in [0.3, 0.4) is 0 Å². The predicted molar refractivity (Wildman–Crippen MR) is 247 cm³/mol. The molecule has 2 atom stereocenters. The van der Waals surface area contributed by atoms with Crippen molar-refractivity contribution in [1.29, 1.82) is 5.26 Å². The molecule has 0 aromatic rings. The van der Waals surface area contributed by atoms with Gasteiger partial charge in [0.05, 0.1) is 12.7 Å². The average molecular weight is 768 g/mol. The minimum Gasteiger partial charge on any atom is -0.465 e. The van der Waals surface area contributed by atoms with Gasteiger partial charge in [-0.2, -0.15) is 5.26 Å². The van der Waals surface area contributed by atoms with Crippen molar-refractivity contribution in [1.82, 2.24) is 0 Å². The molecule has 0 radical (unpaired) electrons. The first-order valence-corrected chi connectivity index (χ1v) is 22.1. The Morgan fingerprint density at radius 2 is 0.714 bits per heavy atom. The lowest BCUT2D eigenvalue weighted by Gasteiger charge is -2.15. The third-order valence-electron chi connectivity index (χ3n) is 10.7. The van der Waals surface area contributed by atoms with Gasteiger partial charge in [-0.05, 0) is 198 Å². The summed E-state index contributed by atoms with van der Waals surface area (Å²) in [6.07, 6.45) is 41.5. The Kier molecular flexibility index (Phi) is 31.7. The Hall–Kier alpha value is -3.38. The van der Waals surface area contributed by atoms with Crippen LogP contribution < -0.4 is 0 Å². The number of hydrogen-bond donors (Lipinski definition) is 0. The molecule has 314 valence electrons. The first-order valence-electron chi connectivity index (χ1n) is 22.1. The lowest BCUT2D eigenvalue weighted by Crippen LogP contribution is -2.22. The fourth-order valence-corrected chi connectivity index (χ4v) is 6.63. The van der Waals surface area contributed by atoms with Gasteiger partial charge in [-0.15, -0.1) is 0 Å². The minimum atomic E-state index is -0.674. The standard InChI is InChI=1S/C53H85NO2/c1-13-56-53(55)52(41-54)51(12)40-22-39-50(11)38-21-37-49(10)36-20-35-48(9)34-19-33-47(8)32-18-31-46(7)30-17-29-45(6)28-16-27-44(5)26-15-25-43(4)24-14-23-42(2)3/h23,25,27,29,31,33,35,37,39,51-52H,13-22,24,26,28,30,32,34,36,38,40H2,1-12H3. The Morgan fingerprint density at radius 3 is 0.946 bits per heavy atom. The Morgan fingerprint density at radius 1 is 0.464 bits per heavy atom. The fourth-order valence-electron chi connectivity index (χ4n) is 6.63. The smallest absolute Gasteiger partial charge is 0.323 e. The zero-order valence-corrected chi connectivity index (χ0v) is 38.5. The summed E-state index contributed by atoms with van der Waals surface area (Å²) in [5, 5.41) is 9.36. The predicted octanol–water partition coefficient (Wildman–Crippen LogP) is 16.9. The second-order valence-electron chi connectivity index (χ2n) is 16.9. The van der Waals surface area contributed by atoms with Crippen LogP contribution in [0.15, 0.2) is 105 Å². The largest absolute Gasteiger partial charge is 0.465 e. The monoisotopic (exact) mass is 768 g/mol. The summed E-state index contributed by atoms with van der Waals surface area (Å²) in [5.74, 6) is -1.07. The van der Waals surface area contributed by atoms with Crippen molar-refractivity contribution in [2.24, 2.45) is 11.8 Å². The molecule has 0 heterocycles. The van der Waals surface area contributed by atoms with E-state index >= 15 is 0 Å². The second-order valence-corrected chi connectivity index (χ2v) is 16.9. The molecule has 0 aromatic carbocycles. The number of carbonyl (C=O) groups is 1. The van der Waals surface area contributed by atoms with E-state index < -0.39 is 11.9 Å². The van der Waals surface area contributed by atoms with Crippen LogP contribution in [-0.2, 0) is 9.53 Å². The molecule has 0 rings (SSSR count). The fraction of sp³-hybridized carbons (Fsp3) is 0.623. The molecule has 0 fully saturated rings. The first kappa shape index (κ1) is 52.6. The van der Waals surface area contributed by atoms with Gasteiger partial charge in [0.1, 0.15) is 5.92 Å². The maximum Gasteiger partial charge on any atom is 0.323 e. The Bertz CT molecular complexity index is 1440.